The van der Waals surface area contributed by atoms with E-state index in [0.29, 0.717) is 6.42 Å². The van der Waals surface area contributed by atoms with Crippen molar-refractivity contribution < 1.29 is 124 Å². The first-order chi connectivity index (χ1) is 33.9. The first-order valence-electron chi connectivity index (χ1n) is 23.4. The normalized spacial score (nSPS) is 30.0. The minimum atomic E-state index is -2.02. The standard InChI is InChI=1S/C46H68O26/c1-12-13-14-15-16-17-18-57-44-41(38(64-28(8)53)35(61-25(5)50)32(68-44)19-58-22(2)47)72-46-43(67-31(11)56)40(37(63-27(7)52)34(70-46)21-60-24(4)49)71-45-42(66-30(10)55)39(65-29(9)54)36(62-26(6)51)33(69-45)20-59-23(3)48/h32-46H,12-21H2,1-11H3/t32?,33?,34?,35-,36-,37-,38-,39-,40-,41?,42?,43?,44+,45-,46-/m0/s1. The SMILES string of the molecule is CCCCCCCCO[C@@H]1OC(COC(C)=O)[C@H](OC(C)=O)[C@H](OC(C)=O)C1O[C@@H]1OC(COC(C)=O)[C@H](OC(C)=O)[C@H](O[C@@H]2OC(COC(C)=O)[C@H](OC(C)=O)[C@H](OC(C)=O)C2OC(C)=O)C1OC(C)=O. The van der Waals surface area contributed by atoms with Gasteiger partial charge in [-0.05, 0) is 6.42 Å². The lowest BCUT2D eigenvalue weighted by atomic mass is 9.95. The van der Waals surface area contributed by atoms with Crippen molar-refractivity contribution in [3.63, 3.8) is 0 Å². The molecule has 0 radical (unpaired) electrons. The summed E-state index contributed by atoms with van der Waals surface area (Å²) in [5.74, 6) is -9.20. The zero-order chi connectivity index (χ0) is 53.8. The molecule has 26 heteroatoms. The lowest BCUT2D eigenvalue weighted by molar-refractivity contribution is -0.386. The van der Waals surface area contributed by atoms with E-state index in [-0.39, 0.29) is 6.61 Å². The molecule has 0 amide bonds. The number of carbonyl (C=O) groups is 10. The second-order valence-corrected chi connectivity index (χ2v) is 16.9. The Labute approximate surface area is 416 Å². The van der Waals surface area contributed by atoms with E-state index in [4.69, 9.17) is 75.8 Å². The molecule has 0 aromatic carbocycles. The lowest BCUT2D eigenvalue weighted by Crippen LogP contribution is -2.69. The van der Waals surface area contributed by atoms with Crippen LogP contribution in [0.15, 0.2) is 0 Å². The third-order valence-electron chi connectivity index (χ3n) is 10.6. The molecule has 3 rings (SSSR count). The maximum atomic E-state index is 13.2. The predicted octanol–water partition coefficient (Wildman–Crippen LogP) is 1.52. The van der Waals surface area contributed by atoms with Crippen LogP contribution < -0.4 is 0 Å². The van der Waals surface area contributed by atoms with Gasteiger partial charge in [-0.25, -0.2) is 0 Å². The van der Waals surface area contributed by atoms with Crippen LogP contribution in [0.2, 0.25) is 0 Å². The maximum absolute atomic E-state index is 13.2. The van der Waals surface area contributed by atoms with E-state index in [1.165, 1.54) is 0 Å². The van der Waals surface area contributed by atoms with E-state index in [1.54, 1.807) is 0 Å². The van der Waals surface area contributed by atoms with Crippen molar-refractivity contribution in [3.05, 3.63) is 0 Å². The van der Waals surface area contributed by atoms with Crippen LogP contribution in [0, 0.1) is 0 Å². The highest BCUT2D eigenvalue weighted by molar-refractivity contribution is 5.70. The second-order valence-electron chi connectivity index (χ2n) is 16.9. The van der Waals surface area contributed by atoms with Crippen molar-refractivity contribution in [2.24, 2.45) is 0 Å². The third-order valence-corrected chi connectivity index (χ3v) is 10.6. The Morgan fingerprint density at radius 1 is 0.319 bits per heavy atom. The first-order valence-corrected chi connectivity index (χ1v) is 23.4. The van der Waals surface area contributed by atoms with Gasteiger partial charge in [-0.1, -0.05) is 39.0 Å². The molecule has 3 heterocycles. The van der Waals surface area contributed by atoms with E-state index < -0.39 is 172 Å². The highest BCUT2D eigenvalue weighted by atomic mass is 16.8. The van der Waals surface area contributed by atoms with Gasteiger partial charge in [0.15, 0.2) is 67.7 Å². The van der Waals surface area contributed by atoms with Gasteiger partial charge in [-0.3, -0.25) is 47.9 Å². The van der Waals surface area contributed by atoms with Crippen LogP contribution in [0.25, 0.3) is 0 Å². The van der Waals surface area contributed by atoms with Gasteiger partial charge < -0.3 is 75.8 Å². The molecule has 0 aromatic heterocycles. The van der Waals surface area contributed by atoms with E-state index in [0.717, 1.165) is 101 Å². The fraction of sp³-hybridized carbons (Fsp3) is 0.783. The van der Waals surface area contributed by atoms with Crippen LogP contribution in [0.5, 0.6) is 0 Å². The molecule has 3 aliphatic heterocycles. The van der Waals surface area contributed by atoms with E-state index in [9.17, 15) is 47.9 Å². The fourth-order valence-electron chi connectivity index (χ4n) is 7.97. The van der Waals surface area contributed by atoms with Crippen molar-refractivity contribution >= 4 is 59.7 Å². The summed E-state index contributed by atoms with van der Waals surface area (Å²) in [5.41, 5.74) is 0. The minimum absolute atomic E-state index is 0.0130. The number of ether oxygens (including phenoxy) is 16. The summed E-state index contributed by atoms with van der Waals surface area (Å²) in [6.45, 7) is 10.4. The van der Waals surface area contributed by atoms with E-state index in [2.05, 4.69) is 6.92 Å². The number of rotatable bonds is 25. The van der Waals surface area contributed by atoms with Gasteiger partial charge in [-0.15, -0.1) is 0 Å². The van der Waals surface area contributed by atoms with Crippen molar-refractivity contribution in [3.8, 4) is 0 Å². The topological polar surface area (TPSA) is 318 Å². The summed E-state index contributed by atoms with van der Waals surface area (Å²) in [4.78, 5) is 126. The van der Waals surface area contributed by atoms with Gasteiger partial charge >= 0.3 is 59.7 Å². The van der Waals surface area contributed by atoms with Crippen molar-refractivity contribution in [1.82, 2.24) is 0 Å². The summed E-state index contributed by atoms with van der Waals surface area (Å²) in [7, 11) is 0. The lowest BCUT2D eigenvalue weighted by Gasteiger charge is -2.50. The molecule has 0 aliphatic carbocycles. The van der Waals surface area contributed by atoms with Crippen LogP contribution in [0.1, 0.15) is 115 Å². The molecular formula is C46H68O26. The summed E-state index contributed by atoms with van der Waals surface area (Å²) < 4.78 is 93.4. The average Bonchev–Trinajstić information content (AvgIpc) is 3.25. The van der Waals surface area contributed by atoms with Crippen molar-refractivity contribution in [2.45, 2.75) is 207 Å². The Morgan fingerprint density at radius 2 is 0.611 bits per heavy atom. The van der Waals surface area contributed by atoms with E-state index in [1.807, 2.05) is 0 Å². The summed E-state index contributed by atoms with van der Waals surface area (Å²) in [6.07, 6.45) is -21.1. The largest absolute Gasteiger partial charge is 0.463 e. The molecule has 0 saturated carbocycles. The monoisotopic (exact) mass is 1040 g/mol. The van der Waals surface area contributed by atoms with Gasteiger partial charge in [0, 0.05) is 75.8 Å². The highest BCUT2D eigenvalue weighted by Gasteiger charge is 2.60. The second kappa shape index (κ2) is 29.8. The zero-order valence-corrected chi connectivity index (χ0v) is 42.3. The summed E-state index contributed by atoms with van der Waals surface area (Å²) >= 11 is 0. The van der Waals surface area contributed by atoms with Crippen molar-refractivity contribution in [2.75, 3.05) is 26.4 Å². The van der Waals surface area contributed by atoms with Crippen LogP contribution in [0.3, 0.4) is 0 Å². The number of unbranched alkanes of at least 4 members (excludes halogenated alkanes) is 5. The molecule has 0 spiro atoms. The molecule has 26 nitrogen and oxygen atoms in total. The van der Waals surface area contributed by atoms with Crippen LogP contribution >= 0.6 is 0 Å². The van der Waals surface area contributed by atoms with Crippen LogP contribution in [-0.2, 0) is 124 Å². The molecule has 6 unspecified atom stereocenters. The molecule has 3 fully saturated rings. The predicted molar refractivity (Wildman–Crippen MR) is 234 cm³/mol. The molecule has 3 saturated heterocycles. The number of hydrogen-bond donors (Lipinski definition) is 0. The molecule has 408 valence electrons. The molecule has 0 N–H and O–H groups in total. The number of carbonyl (C=O) groups excluding carboxylic acids is 10. The molecule has 3 aliphatic rings. The Kier molecular flexibility index (Phi) is 25.2. The van der Waals surface area contributed by atoms with Crippen molar-refractivity contribution in [1.29, 1.82) is 0 Å². The molecule has 0 bridgehead atoms. The number of esters is 10. The molecule has 0 aromatic rings. The summed E-state index contributed by atoms with van der Waals surface area (Å²) in [6, 6.07) is 0. The van der Waals surface area contributed by atoms with Gasteiger partial charge in [-0.2, -0.15) is 0 Å². The highest BCUT2D eigenvalue weighted by Crippen LogP contribution is 2.38. The molecule has 15 atom stereocenters. The van der Waals surface area contributed by atoms with Gasteiger partial charge in [0.2, 0.25) is 0 Å². The van der Waals surface area contributed by atoms with Gasteiger partial charge in [0.1, 0.15) is 44.2 Å². The molecular weight excluding hydrogens is 968 g/mol. The smallest absolute Gasteiger partial charge is 0.303 e. The van der Waals surface area contributed by atoms with Gasteiger partial charge in [0.05, 0.1) is 0 Å². The zero-order valence-electron chi connectivity index (χ0n) is 42.3. The maximum Gasteiger partial charge on any atom is 0.303 e. The van der Waals surface area contributed by atoms with Crippen LogP contribution in [-0.4, -0.2) is 178 Å². The Bertz CT molecular complexity index is 1870. The average molecular weight is 1040 g/mol. The first kappa shape index (κ1) is 60.8. The fourth-order valence-corrected chi connectivity index (χ4v) is 7.97. The van der Waals surface area contributed by atoms with Crippen LogP contribution in [0.4, 0.5) is 0 Å². The summed E-state index contributed by atoms with van der Waals surface area (Å²) in [5, 5.41) is 0. The number of hydrogen-bond acceptors (Lipinski definition) is 26. The minimum Gasteiger partial charge on any atom is -0.463 e. The quantitative estimate of drug-likeness (QED) is 0.0711. The Balaban J connectivity index is 2.34. The third kappa shape index (κ3) is 19.8. The van der Waals surface area contributed by atoms with Gasteiger partial charge in [0.25, 0.3) is 0 Å². The molecule has 72 heavy (non-hydrogen) atoms. The Morgan fingerprint density at radius 3 is 0.986 bits per heavy atom. The Hall–Kier alpha value is -5.54. The van der Waals surface area contributed by atoms with E-state index >= 15 is 0 Å².